The van der Waals surface area contributed by atoms with Crippen molar-refractivity contribution in [2.45, 2.75) is 12.5 Å². The summed E-state index contributed by atoms with van der Waals surface area (Å²) >= 11 is 1.55. The second kappa shape index (κ2) is 6.82. The van der Waals surface area contributed by atoms with E-state index in [2.05, 4.69) is 5.32 Å². The molecule has 0 fully saturated rings. The number of rotatable bonds is 6. The molecule has 0 unspecified atom stereocenters. The summed E-state index contributed by atoms with van der Waals surface area (Å²) in [5.41, 5.74) is 0.698. The lowest BCUT2D eigenvalue weighted by atomic mass is 10.1. The van der Waals surface area contributed by atoms with Crippen LogP contribution in [0, 0.1) is 0 Å². The number of benzene rings is 1. The molecular formula is C14H22N2O2S. The van der Waals surface area contributed by atoms with Crippen molar-refractivity contribution in [1.82, 2.24) is 5.32 Å². The Hall–Kier alpha value is -1.20. The van der Waals surface area contributed by atoms with Crippen molar-refractivity contribution in [3.05, 3.63) is 29.8 Å². The fourth-order valence-electron chi connectivity index (χ4n) is 1.66. The predicted octanol–water partition coefficient (Wildman–Crippen LogP) is 1.60. The highest BCUT2D eigenvalue weighted by molar-refractivity contribution is 7.98. The molecule has 1 aromatic carbocycles. The Morgan fingerprint density at radius 1 is 1.47 bits per heavy atom. The average Bonchev–Trinajstić information content (AvgIpc) is 2.36. The largest absolute Gasteiger partial charge is 0.387 e. The number of anilines is 1. The van der Waals surface area contributed by atoms with Crippen LogP contribution in [-0.2, 0) is 0 Å². The van der Waals surface area contributed by atoms with Gasteiger partial charge in [-0.05, 0) is 31.4 Å². The summed E-state index contributed by atoms with van der Waals surface area (Å²) in [5.74, 6) is 0.426. The van der Waals surface area contributed by atoms with Gasteiger partial charge in [0.05, 0.1) is 5.60 Å². The molecule has 0 spiro atoms. The van der Waals surface area contributed by atoms with Crippen molar-refractivity contribution in [3.8, 4) is 0 Å². The number of aliphatic hydroxyl groups is 1. The topological polar surface area (TPSA) is 52.6 Å². The van der Waals surface area contributed by atoms with Crippen molar-refractivity contribution in [2.75, 3.05) is 37.5 Å². The van der Waals surface area contributed by atoms with Gasteiger partial charge in [0.1, 0.15) is 0 Å². The van der Waals surface area contributed by atoms with E-state index >= 15 is 0 Å². The molecule has 106 valence electrons. The Kier molecular flexibility index (Phi) is 5.69. The van der Waals surface area contributed by atoms with Gasteiger partial charge in [-0.3, -0.25) is 4.79 Å². The van der Waals surface area contributed by atoms with E-state index < -0.39 is 5.60 Å². The molecule has 2 N–H and O–H groups in total. The van der Waals surface area contributed by atoms with Crippen LogP contribution < -0.4 is 10.2 Å². The van der Waals surface area contributed by atoms with Gasteiger partial charge >= 0.3 is 0 Å². The zero-order valence-electron chi connectivity index (χ0n) is 11.9. The van der Waals surface area contributed by atoms with Gasteiger partial charge in [-0.15, -0.1) is 0 Å². The molecular weight excluding hydrogens is 260 g/mol. The van der Waals surface area contributed by atoms with Gasteiger partial charge in [-0.1, -0.05) is 6.07 Å². The maximum absolute atomic E-state index is 12.0. The molecule has 1 rings (SSSR count). The highest BCUT2D eigenvalue weighted by atomic mass is 32.2. The van der Waals surface area contributed by atoms with E-state index in [1.165, 1.54) is 0 Å². The van der Waals surface area contributed by atoms with E-state index in [1.54, 1.807) is 24.8 Å². The Balaban J connectivity index is 2.66. The summed E-state index contributed by atoms with van der Waals surface area (Å²) < 4.78 is 0. The summed E-state index contributed by atoms with van der Waals surface area (Å²) in [7, 11) is 3.86. The standard InChI is InChI=1S/C14H22N2O2S/c1-14(18,10-19-4)9-15-13(17)11-6-5-7-12(8-11)16(2)3/h5-8,18H,9-10H2,1-4H3,(H,15,17)/t14-/m0/s1. The molecule has 0 saturated heterocycles. The van der Waals surface area contributed by atoms with Crippen molar-refractivity contribution >= 4 is 23.4 Å². The first-order valence-corrected chi connectivity index (χ1v) is 7.52. The summed E-state index contributed by atoms with van der Waals surface area (Å²) in [4.78, 5) is 14.0. The highest BCUT2D eigenvalue weighted by Crippen LogP contribution is 2.14. The van der Waals surface area contributed by atoms with Crippen LogP contribution in [0.1, 0.15) is 17.3 Å². The maximum Gasteiger partial charge on any atom is 0.251 e. The molecule has 1 atom stereocenters. The maximum atomic E-state index is 12.0. The number of nitrogens with zero attached hydrogens (tertiary/aromatic N) is 1. The summed E-state index contributed by atoms with van der Waals surface area (Å²) in [6, 6.07) is 7.40. The molecule has 4 nitrogen and oxygen atoms in total. The predicted molar refractivity (Wildman–Crippen MR) is 82.1 cm³/mol. The van der Waals surface area contributed by atoms with E-state index in [1.807, 2.05) is 43.5 Å². The minimum atomic E-state index is -0.881. The molecule has 0 radical (unpaired) electrons. The molecule has 0 heterocycles. The zero-order valence-corrected chi connectivity index (χ0v) is 12.8. The molecule has 1 aromatic rings. The monoisotopic (exact) mass is 282 g/mol. The third-order valence-electron chi connectivity index (χ3n) is 2.71. The number of amides is 1. The number of thioether (sulfide) groups is 1. The lowest BCUT2D eigenvalue weighted by molar-refractivity contribution is 0.0725. The third-order valence-corrected chi connectivity index (χ3v) is 3.62. The van der Waals surface area contributed by atoms with Crippen LogP contribution in [-0.4, -0.2) is 49.3 Å². The number of hydrogen-bond acceptors (Lipinski definition) is 4. The van der Waals surface area contributed by atoms with Crippen molar-refractivity contribution in [2.24, 2.45) is 0 Å². The Morgan fingerprint density at radius 3 is 2.74 bits per heavy atom. The SMILES string of the molecule is CSC[C@@](C)(O)CNC(=O)c1cccc(N(C)C)c1. The minimum absolute atomic E-state index is 0.162. The van der Waals surface area contributed by atoms with E-state index in [0.29, 0.717) is 11.3 Å². The zero-order chi connectivity index (χ0) is 14.5. The van der Waals surface area contributed by atoms with Gasteiger partial charge in [0.25, 0.3) is 5.91 Å². The first-order valence-electron chi connectivity index (χ1n) is 6.12. The first-order chi connectivity index (χ1) is 8.85. The van der Waals surface area contributed by atoms with Crippen LogP contribution in [0.4, 0.5) is 5.69 Å². The van der Waals surface area contributed by atoms with Crippen LogP contribution >= 0.6 is 11.8 Å². The van der Waals surface area contributed by atoms with Crippen LogP contribution in [0.2, 0.25) is 0 Å². The number of carbonyl (C=O) groups excluding carboxylic acids is 1. The lowest BCUT2D eigenvalue weighted by Gasteiger charge is -2.22. The van der Waals surface area contributed by atoms with Crippen LogP contribution in [0.15, 0.2) is 24.3 Å². The van der Waals surface area contributed by atoms with Gasteiger partial charge in [0.2, 0.25) is 0 Å². The molecule has 0 aliphatic rings. The van der Waals surface area contributed by atoms with E-state index in [0.717, 1.165) is 5.69 Å². The molecule has 0 bridgehead atoms. The molecule has 1 amide bonds. The summed E-state index contributed by atoms with van der Waals surface area (Å²) in [6.07, 6.45) is 1.93. The lowest BCUT2D eigenvalue weighted by Crippen LogP contribution is -2.42. The molecule has 0 saturated carbocycles. The third kappa shape index (κ3) is 5.12. The van der Waals surface area contributed by atoms with E-state index in [9.17, 15) is 9.90 Å². The van der Waals surface area contributed by atoms with Crippen LogP contribution in [0.25, 0.3) is 0 Å². The molecule has 0 aliphatic heterocycles. The van der Waals surface area contributed by atoms with Gasteiger partial charge < -0.3 is 15.3 Å². The summed E-state index contributed by atoms with van der Waals surface area (Å²) in [6.45, 7) is 1.97. The van der Waals surface area contributed by atoms with Crippen LogP contribution in [0.3, 0.4) is 0 Å². The number of hydrogen-bond donors (Lipinski definition) is 2. The van der Waals surface area contributed by atoms with Gasteiger partial charge in [0.15, 0.2) is 0 Å². The highest BCUT2D eigenvalue weighted by Gasteiger charge is 2.20. The fraction of sp³-hybridized carbons (Fsp3) is 0.500. The Bertz CT molecular complexity index is 433. The quantitative estimate of drug-likeness (QED) is 0.832. The van der Waals surface area contributed by atoms with Gasteiger partial charge in [-0.2, -0.15) is 11.8 Å². The van der Waals surface area contributed by atoms with Crippen molar-refractivity contribution < 1.29 is 9.90 Å². The minimum Gasteiger partial charge on any atom is -0.387 e. The fourth-order valence-corrected chi connectivity index (χ4v) is 2.38. The molecule has 19 heavy (non-hydrogen) atoms. The Morgan fingerprint density at radius 2 is 2.16 bits per heavy atom. The second-order valence-electron chi connectivity index (χ2n) is 5.06. The van der Waals surface area contributed by atoms with Crippen LogP contribution in [0.5, 0.6) is 0 Å². The Labute approximate surface area is 119 Å². The number of nitrogens with one attached hydrogen (secondary N) is 1. The summed E-state index contributed by atoms with van der Waals surface area (Å²) in [5, 5.41) is 12.8. The molecule has 0 aromatic heterocycles. The molecule has 5 heteroatoms. The smallest absolute Gasteiger partial charge is 0.251 e. The van der Waals surface area contributed by atoms with Crippen molar-refractivity contribution in [1.29, 1.82) is 0 Å². The van der Waals surface area contributed by atoms with Crippen molar-refractivity contribution in [3.63, 3.8) is 0 Å². The van der Waals surface area contributed by atoms with E-state index in [-0.39, 0.29) is 12.5 Å². The van der Waals surface area contributed by atoms with Gasteiger partial charge in [0, 0.05) is 37.6 Å². The number of carbonyl (C=O) groups is 1. The second-order valence-corrected chi connectivity index (χ2v) is 5.92. The van der Waals surface area contributed by atoms with Gasteiger partial charge in [-0.25, -0.2) is 0 Å². The molecule has 0 aliphatic carbocycles. The average molecular weight is 282 g/mol. The normalized spacial score (nSPS) is 13.7. The first kappa shape index (κ1) is 15.9. The van der Waals surface area contributed by atoms with E-state index in [4.69, 9.17) is 0 Å².